The fourth-order valence-corrected chi connectivity index (χ4v) is 3.29. The number of halogens is 1. The number of rotatable bonds is 7. The zero-order chi connectivity index (χ0) is 17.5. The fraction of sp³-hybridized carbons (Fsp3) is 0.278. The van der Waals surface area contributed by atoms with Crippen molar-refractivity contribution in [1.29, 1.82) is 0 Å². The summed E-state index contributed by atoms with van der Waals surface area (Å²) in [6.07, 6.45) is 0. The van der Waals surface area contributed by atoms with E-state index in [2.05, 4.69) is 5.32 Å². The Bertz CT molecular complexity index is 721. The summed E-state index contributed by atoms with van der Waals surface area (Å²) < 4.78 is 30.9. The van der Waals surface area contributed by atoms with Gasteiger partial charge in [-0.15, -0.1) is 0 Å². The van der Waals surface area contributed by atoms with Crippen LogP contribution in [0.25, 0.3) is 0 Å². The Kier molecular flexibility index (Phi) is 6.49. The van der Waals surface area contributed by atoms with Crippen molar-refractivity contribution in [3.63, 3.8) is 0 Å². The van der Waals surface area contributed by atoms with Crippen molar-refractivity contribution < 1.29 is 18.1 Å². The Hall–Kier alpha value is -2.21. The lowest BCUT2D eigenvalue weighted by Crippen LogP contribution is -2.35. The zero-order valence-electron chi connectivity index (χ0n) is 13.6. The van der Waals surface area contributed by atoms with E-state index >= 15 is 0 Å². The highest BCUT2D eigenvalue weighted by molar-refractivity contribution is 7.85. The molecule has 0 aliphatic carbocycles. The quantitative estimate of drug-likeness (QED) is 0.836. The SMILES string of the molecule is COc1ccc(F)cc1C[S@](=O)[C@@H](C)C(=O)NCc1ccccc1. The maximum Gasteiger partial charge on any atom is 0.235 e. The summed E-state index contributed by atoms with van der Waals surface area (Å²) in [4.78, 5) is 12.2. The van der Waals surface area contributed by atoms with E-state index < -0.39 is 21.9 Å². The van der Waals surface area contributed by atoms with Gasteiger partial charge in [0.2, 0.25) is 5.91 Å². The van der Waals surface area contributed by atoms with Crippen molar-refractivity contribution in [2.24, 2.45) is 0 Å². The van der Waals surface area contributed by atoms with Crippen LogP contribution < -0.4 is 10.1 Å². The maximum atomic E-state index is 13.4. The molecule has 0 aliphatic heterocycles. The molecule has 0 unspecified atom stereocenters. The Balaban J connectivity index is 1.96. The van der Waals surface area contributed by atoms with Gasteiger partial charge in [0, 0.05) is 22.9 Å². The second kappa shape index (κ2) is 8.59. The summed E-state index contributed by atoms with van der Waals surface area (Å²) in [5, 5.41) is 2.06. The molecule has 0 bridgehead atoms. The molecule has 0 heterocycles. The van der Waals surface area contributed by atoms with Crippen molar-refractivity contribution in [3.05, 3.63) is 65.5 Å². The van der Waals surface area contributed by atoms with E-state index in [1.165, 1.54) is 25.3 Å². The third-order valence-electron chi connectivity index (χ3n) is 3.61. The number of hydrogen-bond donors (Lipinski definition) is 1. The van der Waals surface area contributed by atoms with Crippen LogP contribution in [0.1, 0.15) is 18.1 Å². The van der Waals surface area contributed by atoms with Crippen molar-refractivity contribution in [2.75, 3.05) is 7.11 Å². The summed E-state index contributed by atoms with van der Waals surface area (Å²) >= 11 is 0. The molecule has 6 heteroatoms. The molecule has 128 valence electrons. The average molecular weight is 349 g/mol. The number of ether oxygens (including phenoxy) is 1. The molecule has 1 amide bonds. The normalized spacial score (nSPS) is 13.1. The molecule has 0 radical (unpaired) electrons. The van der Waals surface area contributed by atoms with Gasteiger partial charge in [0.05, 0.1) is 12.9 Å². The summed E-state index contributed by atoms with van der Waals surface area (Å²) in [7, 11) is -0.0147. The van der Waals surface area contributed by atoms with Crippen LogP contribution in [-0.4, -0.2) is 22.5 Å². The highest BCUT2D eigenvalue weighted by Crippen LogP contribution is 2.21. The molecule has 2 aromatic rings. The molecule has 0 aliphatic rings. The Labute approximate surface area is 143 Å². The van der Waals surface area contributed by atoms with E-state index in [0.717, 1.165) is 5.56 Å². The number of hydrogen-bond acceptors (Lipinski definition) is 3. The highest BCUT2D eigenvalue weighted by atomic mass is 32.2. The Morgan fingerprint density at radius 1 is 1.25 bits per heavy atom. The van der Waals surface area contributed by atoms with Gasteiger partial charge in [0.1, 0.15) is 16.8 Å². The molecule has 0 aromatic heterocycles. The van der Waals surface area contributed by atoms with E-state index in [1.807, 2.05) is 30.3 Å². The van der Waals surface area contributed by atoms with Gasteiger partial charge in [-0.25, -0.2) is 4.39 Å². The van der Waals surface area contributed by atoms with Crippen LogP contribution in [0.5, 0.6) is 5.75 Å². The summed E-state index contributed by atoms with van der Waals surface area (Å²) in [5.41, 5.74) is 1.45. The third kappa shape index (κ3) is 4.89. The van der Waals surface area contributed by atoms with Gasteiger partial charge in [0.15, 0.2) is 0 Å². The minimum absolute atomic E-state index is 0.0564. The van der Waals surface area contributed by atoms with Crippen LogP contribution in [0.15, 0.2) is 48.5 Å². The molecule has 2 atom stereocenters. The molecule has 0 spiro atoms. The molecule has 1 N–H and O–H groups in total. The summed E-state index contributed by atoms with van der Waals surface area (Å²) in [6, 6.07) is 13.5. The zero-order valence-corrected chi connectivity index (χ0v) is 14.4. The minimum atomic E-state index is -1.48. The Morgan fingerprint density at radius 3 is 2.62 bits per heavy atom. The van der Waals surface area contributed by atoms with Gasteiger partial charge in [-0.3, -0.25) is 9.00 Å². The van der Waals surface area contributed by atoms with Crippen molar-refractivity contribution >= 4 is 16.7 Å². The topological polar surface area (TPSA) is 55.4 Å². The first kappa shape index (κ1) is 18.1. The van der Waals surface area contributed by atoms with E-state index in [0.29, 0.717) is 17.9 Å². The van der Waals surface area contributed by atoms with Gasteiger partial charge in [-0.2, -0.15) is 0 Å². The van der Waals surface area contributed by atoms with Crippen LogP contribution in [0.2, 0.25) is 0 Å². The van der Waals surface area contributed by atoms with Crippen molar-refractivity contribution in [2.45, 2.75) is 24.5 Å². The maximum absolute atomic E-state index is 13.4. The van der Waals surface area contributed by atoms with Crippen molar-refractivity contribution in [1.82, 2.24) is 5.32 Å². The van der Waals surface area contributed by atoms with Gasteiger partial charge >= 0.3 is 0 Å². The smallest absolute Gasteiger partial charge is 0.235 e. The first-order valence-electron chi connectivity index (χ1n) is 7.52. The second-order valence-corrected chi connectivity index (χ2v) is 7.08. The molecule has 2 aromatic carbocycles. The predicted molar refractivity (Wildman–Crippen MR) is 92.5 cm³/mol. The number of carbonyl (C=O) groups is 1. The lowest BCUT2D eigenvalue weighted by Gasteiger charge is -2.14. The van der Waals surface area contributed by atoms with E-state index in [-0.39, 0.29) is 11.7 Å². The molecule has 24 heavy (non-hydrogen) atoms. The van der Waals surface area contributed by atoms with Gasteiger partial charge in [0.25, 0.3) is 0 Å². The van der Waals surface area contributed by atoms with Crippen LogP contribution in [0.4, 0.5) is 4.39 Å². The van der Waals surface area contributed by atoms with Crippen molar-refractivity contribution in [3.8, 4) is 5.75 Å². The van der Waals surface area contributed by atoms with Gasteiger partial charge < -0.3 is 10.1 Å². The van der Waals surface area contributed by atoms with E-state index in [9.17, 15) is 13.4 Å². The molecule has 4 nitrogen and oxygen atoms in total. The van der Waals surface area contributed by atoms with E-state index in [1.54, 1.807) is 6.92 Å². The molecular formula is C18H20FNO3S. The summed E-state index contributed by atoms with van der Waals surface area (Å²) in [5.74, 6) is -0.209. The molecule has 2 rings (SSSR count). The van der Waals surface area contributed by atoms with Gasteiger partial charge in [-0.1, -0.05) is 30.3 Å². The van der Waals surface area contributed by atoms with E-state index in [4.69, 9.17) is 4.74 Å². The molecule has 0 saturated carbocycles. The average Bonchev–Trinajstić information content (AvgIpc) is 2.60. The van der Waals surface area contributed by atoms with Crippen LogP contribution >= 0.6 is 0 Å². The Morgan fingerprint density at radius 2 is 1.96 bits per heavy atom. The third-order valence-corrected chi connectivity index (χ3v) is 5.21. The van der Waals surface area contributed by atoms with Crippen LogP contribution in [-0.2, 0) is 27.9 Å². The minimum Gasteiger partial charge on any atom is -0.496 e. The number of carbonyl (C=O) groups excluding carboxylic acids is 1. The largest absolute Gasteiger partial charge is 0.496 e. The number of nitrogens with one attached hydrogen (secondary N) is 1. The molecular weight excluding hydrogens is 329 g/mol. The standard InChI is InChI=1S/C18H20FNO3S/c1-13(18(21)20-11-14-6-4-3-5-7-14)24(22)12-15-10-16(19)8-9-17(15)23-2/h3-10,13H,11-12H2,1-2H3,(H,20,21)/t13-,24-/m0/s1. The lowest BCUT2D eigenvalue weighted by molar-refractivity contribution is -0.120. The first-order chi connectivity index (χ1) is 11.5. The van der Waals surface area contributed by atoms with Crippen LogP contribution in [0.3, 0.4) is 0 Å². The van der Waals surface area contributed by atoms with Gasteiger partial charge in [-0.05, 0) is 30.7 Å². The lowest BCUT2D eigenvalue weighted by atomic mass is 10.2. The number of methoxy groups -OCH3 is 1. The highest BCUT2D eigenvalue weighted by Gasteiger charge is 2.21. The number of benzene rings is 2. The molecule has 0 saturated heterocycles. The number of amides is 1. The molecule has 0 fully saturated rings. The predicted octanol–water partition coefficient (Wildman–Crippen LogP) is 2.79. The first-order valence-corrected chi connectivity index (χ1v) is 8.90. The van der Waals surface area contributed by atoms with Crippen LogP contribution in [0, 0.1) is 5.82 Å². The second-order valence-electron chi connectivity index (χ2n) is 5.33. The fourth-order valence-electron chi connectivity index (χ4n) is 2.19. The monoisotopic (exact) mass is 349 g/mol. The summed E-state index contributed by atoms with van der Waals surface area (Å²) in [6.45, 7) is 1.98.